The number of thiocarbonyl (C=S) groups is 1. The number of carbonyl (C=O) groups is 1. The van der Waals surface area contributed by atoms with Gasteiger partial charge in [-0.05, 0) is 42.8 Å². The van der Waals surface area contributed by atoms with Gasteiger partial charge in [0.05, 0.1) is 11.8 Å². The third-order valence-corrected chi connectivity index (χ3v) is 5.17. The lowest BCUT2D eigenvalue weighted by atomic mass is 10.1. The molecule has 2 aromatic carbocycles. The molecule has 128 valence electrons. The molecule has 4 rings (SSSR count). The van der Waals surface area contributed by atoms with Crippen LogP contribution in [0, 0.1) is 0 Å². The molecule has 2 aliphatic rings. The number of carbonyl (C=O) groups excluding carboxylic acids is 1. The lowest BCUT2D eigenvalue weighted by Crippen LogP contribution is -2.37. The maximum absolute atomic E-state index is 13.3. The average molecular weight is 352 g/mol. The fraction of sp³-hybridized carbons (Fsp3) is 0.300. The highest BCUT2D eigenvalue weighted by molar-refractivity contribution is 7.80. The summed E-state index contributed by atoms with van der Waals surface area (Å²) in [5, 5.41) is 0.556. The van der Waals surface area contributed by atoms with Gasteiger partial charge in [-0.1, -0.05) is 48.5 Å². The van der Waals surface area contributed by atoms with E-state index < -0.39 is 6.04 Å². The minimum absolute atomic E-state index is 0.000368. The lowest BCUT2D eigenvalue weighted by molar-refractivity contribution is -0.120. The first-order chi connectivity index (χ1) is 12.3. The summed E-state index contributed by atoms with van der Waals surface area (Å²) in [5.41, 5.74) is 1.78. The summed E-state index contributed by atoms with van der Waals surface area (Å²) in [7, 11) is 0. The van der Waals surface area contributed by atoms with Gasteiger partial charge >= 0.3 is 0 Å². The number of benzene rings is 2. The Morgan fingerprint density at radius 3 is 2.36 bits per heavy atom. The topological polar surface area (TPSA) is 32.8 Å². The minimum atomic E-state index is -0.391. The third-order valence-electron chi connectivity index (χ3n) is 4.76. The van der Waals surface area contributed by atoms with Crippen LogP contribution in [0.15, 0.2) is 60.7 Å². The summed E-state index contributed by atoms with van der Waals surface area (Å²) in [4.78, 5) is 16.9. The molecule has 1 amide bonds. The molecule has 25 heavy (non-hydrogen) atoms. The molecule has 0 bridgehead atoms. The number of nitrogens with zero attached hydrogens (tertiary/aromatic N) is 2. The second-order valence-corrected chi connectivity index (χ2v) is 6.76. The summed E-state index contributed by atoms with van der Waals surface area (Å²) in [5.74, 6) is 0.000368. The summed E-state index contributed by atoms with van der Waals surface area (Å²) in [6.45, 7) is 1.44. The van der Waals surface area contributed by atoms with Crippen molar-refractivity contribution >= 4 is 28.9 Å². The highest BCUT2D eigenvalue weighted by Crippen LogP contribution is 2.35. The predicted octanol–water partition coefficient (Wildman–Crippen LogP) is 3.54. The Kier molecular flexibility index (Phi) is 4.51. The molecule has 2 fully saturated rings. The van der Waals surface area contributed by atoms with Crippen LogP contribution < -0.4 is 4.90 Å². The molecular weight excluding hydrogens is 332 g/mol. The highest BCUT2D eigenvalue weighted by Gasteiger charge is 2.44. The fourth-order valence-corrected chi connectivity index (χ4v) is 3.93. The van der Waals surface area contributed by atoms with Crippen molar-refractivity contribution in [3.8, 4) is 0 Å². The van der Waals surface area contributed by atoms with E-state index in [1.54, 1.807) is 4.90 Å². The largest absolute Gasteiger partial charge is 0.376 e. The Balaban J connectivity index is 1.70. The van der Waals surface area contributed by atoms with Gasteiger partial charge < -0.3 is 9.64 Å². The van der Waals surface area contributed by atoms with Crippen LogP contribution in [0.1, 0.15) is 24.4 Å². The van der Waals surface area contributed by atoms with E-state index in [2.05, 4.69) is 0 Å². The summed E-state index contributed by atoms with van der Waals surface area (Å²) < 4.78 is 5.79. The molecule has 2 aromatic rings. The van der Waals surface area contributed by atoms with Gasteiger partial charge in [0, 0.05) is 13.2 Å². The first-order valence-corrected chi connectivity index (χ1v) is 9.02. The summed E-state index contributed by atoms with van der Waals surface area (Å²) in [6, 6.07) is 19.1. The number of anilines is 1. The van der Waals surface area contributed by atoms with Gasteiger partial charge in [-0.3, -0.25) is 9.69 Å². The van der Waals surface area contributed by atoms with E-state index >= 15 is 0 Å². The average Bonchev–Trinajstić information content (AvgIpc) is 3.24. The summed E-state index contributed by atoms with van der Waals surface area (Å²) in [6.07, 6.45) is 2.21. The molecule has 0 aliphatic carbocycles. The van der Waals surface area contributed by atoms with Gasteiger partial charge in [0.1, 0.15) is 6.04 Å². The van der Waals surface area contributed by atoms with E-state index in [1.807, 2.05) is 65.6 Å². The van der Waals surface area contributed by atoms with E-state index in [9.17, 15) is 4.79 Å². The second-order valence-electron chi connectivity index (χ2n) is 6.39. The first kappa shape index (κ1) is 16.2. The Morgan fingerprint density at radius 2 is 1.72 bits per heavy atom. The number of para-hydroxylation sites is 1. The lowest BCUT2D eigenvalue weighted by Gasteiger charge is -2.26. The second kappa shape index (κ2) is 6.94. The molecule has 0 radical (unpaired) electrons. The zero-order chi connectivity index (χ0) is 17.2. The van der Waals surface area contributed by atoms with E-state index in [1.165, 1.54) is 0 Å². The number of hydrogen-bond donors (Lipinski definition) is 0. The SMILES string of the molecule is O=C1C(c2ccccc2)N(CC2CCCO2)C(=S)N1c1ccccc1. The van der Waals surface area contributed by atoms with Crippen molar-refractivity contribution in [3.05, 3.63) is 66.2 Å². The van der Waals surface area contributed by atoms with Crippen LogP contribution in [0.5, 0.6) is 0 Å². The smallest absolute Gasteiger partial charge is 0.260 e. The molecule has 2 unspecified atom stereocenters. The molecule has 4 nitrogen and oxygen atoms in total. The predicted molar refractivity (Wildman–Crippen MR) is 101 cm³/mol. The summed E-state index contributed by atoms with van der Waals surface area (Å²) >= 11 is 5.71. The van der Waals surface area contributed by atoms with Gasteiger partial charge in [0.2, 0.25) is 0 Å². The van der Waals surface area contributed by atoms with Crippen LogP contribution in [-0.4, -0.2) is 35.2 Å². The molecule has 0 saturated carbocycles. The van der Waals surface area contributed by atoms with Gasteiger partial charge in [-0.2, -0.15) is 0 Å². The van der Waals surface area contributed by atoms with Crippen LogP contribution in [0.2, 0.25) is 0 Å². The molecule has 5 heteroatoms. The zero-order valence-electron chi connectivity index (χ0n) is 13.9. The molecule has 2 heterocycles. The zero-order valence-corrected chi connectivity index (χ0v) is 14.7. The normalized spacial score (nSPS) is 23.5. The van der Waals surface area contributed by atoms with Gasteiger partial charge in [-0.15, -0.1) is 0 Å². The molecule has 0 spiro atoms. The Bertz CT molecular complexity index is 760. The van der Waals surface area contributed by atoms with Crippen molar-refractivity contribution < 1.29 is 9.53 Å². The quantitative estimate of drug-likeness (QED) is 0.788. The maximum Gasteiger partial charge on any atom is 0.260 e. The van der Waals surface area contributed by atoms with Crippen LogP contribution in [0.25, 0.3) is 0 Å². The molecule has 0 N–H and O–H groups in total. The van der Waals surface area contributed by atoms with Crippen LogP contribution in [0.4, 0.5) is 5.69 Å². The van der Waals surface area contributed by atoms with E-state index in [0.29, 0.717) is 11.7 Å². The minimum Gasteiger partial charge on any atom is -0.376 e. The number of ether oxygens (including phenoxy) is 1. The standard InChI is InChI=1S/C20H20N2O2S/c23-19-18(15-8-3-1-4-9-15)21(14-17-12-7-13-24-17)20(25)22(19)16-10-5-2-6-11-16/h1-6,8-11,17-18H,7,12-14H2. The van der Waals surface area contributed by atoms with Crippen molar-refractivity contribution in [2.24, 2.45) is 0 Å². The van der Waals surface area contributed by atoms with Crippen LogP contribution >= 0.6 is 12.2 Å². The van der Waals surface area contributed by atoms with Crippen LogP contribution in [-0.2, 0) is 9.53 Å². The Morgan fingerprint density at radius 1 is 1.04 bits per heavy atom. The molecule has 2 atom stereocenters. The van der Waals surface area contributed by atoms with E-state index in [-0.39, 0.29) is 12.0 Å². The number of amides is 1. The fourth-order valence-electron chi connectivity index (χ4n) is 3.55. The monoisotopic (exact) mass is 352 g/mol. The number of rotatable bonds is 4. The highest BCUT2D eigenvalue weighted by atomic mass is 32.1. The van der Waals surface area contributed by atoms with Crippen molar-refractivity contribution in [2.75, 3.05) is 18.1 Å². The maximum atomic E-state index is 13.3. The molecular formula is C20H20N2O2S. The Hall–Kier alpha value is -2.24. The van der Waals surface area contributed by atoms with Crippen molar-refractivity contribution in [1.29, 1.82) is 0 Å². The molecule has 0 aromatic heterocycles. The van der Waals surface area contributed by atoms with E-state index in [4.69, 9.17) is 17.0 Å². The molecule has 2 aliphatic heterocycles. The van der Waals surface area contributed by atoms with Gasteiger partial charge in [0.25, 0.3) is 5.91 Å². The first-order valence-electron chi connectivity index (χ1n) is 8.62. The van der Waals surface area contributed by atoms with Crippen LogP contribution in [0.3, 0.4) is 0 Å². The molecule has 2 saturated heterocycles. The van der Waals surface area contributed by atoms with Crippen molar-refractivity contribution in [1.82, 2.24) is 4.90 Å². The van der Waals surface area contributed by atoms with Gasteiger partial charge in [-0.25, -0.2) is 0 Å². The van der Waals surface area contributed by atoms with E-state index in [0.717, 1.165) is 30.7 Å². The Labute approximate surface area is 153 Å². The third kappa shape index (κ3) is 3.05. The number of hydrogen-bond acceptors (Lipinski definition) is 3. The van der Waals surface area contributed by atoms with Gasteiger partial charge in [0.15, 0.2) is 5.11 Å². The van der Waals surface area contributed by atoms with Crippen molar-refractivity contribution in [2.45, 2.75) is 25.0 Å². The van der Waals surface area contributed by atoms with Crippen molar-refractivity contribution in [3.63, 3.8) is 0 Å².